The van der Waals surface area contributed by atoms with Crippen molar-refractivity contribution in [3.63, 3.8) is 0 Å². The third-order valence-electron chi connectivity index (χ3n) is 6.98. The van der Waals surface area contributed by atoms with Crippen molar-refractivity contribution in [2.45, 2.75) is 31.6 Å². The highest BCUT2D eigenvalue weighted by atomic mass is 16.5. The summed E-state index contributed by atoms with van der Waals surface area (Å²) < 4.78 is 16.7. The van der Waals surface area contributed by atoms with E-state index in [0.29, 0.717) is 69.0 Å². The Labute approximate surface area is 225 Å². The number of amides is 3. The number of urea groups is 1. The molecule has 2 saturated heterocycles. The number of fused-ring (bicyclic) bond motifs is 1. The summed E-state index contributed by atoms with van der Waals surface area (Å²) in [5.74, 6) is 0.750. The lowest BCUT2D eigenvalue weighted by Crippen LogP contribution is -2.42. The zero-order chi connectivity index (χ0) is 27.4. The normalized spacial score (nSPS) is 20.8. The molecule has 2 aromatic heterocycles. The molecule has 2 aromatic rings. The molecule has 0 radical (unpaired) electrons. The van der Waals surface area contributed by atoms with Gasteiger partial charge in [-0.3, -0.25) is 19.8 Å². The molecule has 2 fully saturated rings. The molecule has 0 aliphatic carbocycles. The summed E-state index contributed by atoms with van der Waals surface area (Å²) >= 11 is 0. The zero-order valence-corrected chi connectivity index (χ0v) is 21.5. The Morgan fingerprint density at radius 1 is 1.33 bits per heavy atom. The van der Waals surface area contributed by atoms with Gasteiger partial charge in [0.15, 0.2) is 6.29 Å². The number of pyridine rings is 2. The van der Waals surface area contributed by atoms with Crippen LogP contribution in [-0.4, -0.2) is 91.8 Å². The highest BCUT2D eigenvalue weighted by Gasteiger charge is 2.30. The summed E-state index contributed by atoms with van der Waals surface area (Å²) in [7, 11) is 1.60. The monoisotopic (exact) mass is 535 g/mol. The summed E-state index contributed by atoms with van der Waals surface area (Å²) in [5.41, 5.74) is 1.86. The van der Waals surface area contributed by atoms with E-state index in [0.717, 1.165) is 5.56 Å². The molecule has 0 spiro atoms. The molecule has 5 heterocycles. The van der Waals surface area contributed by atoms with E-state index < -0.39 is 6.03 Å². The van der Waals surface area contributed by atoms with E-state index >= 15 is 0 Å². The van der Waals surface area contributed by atoms with Crippen molar-refractivity contribution < 1.29 is 28.6 Å². The Kier molecular flexibility index (Phi) is 7.97. The van der Waals surface area contributed by atoms with Crippen LogP contribution in [0.1, 0.15) is 33.6 Å². The molecule has 0 saturated carbocycles. The Hall–Kier alpha value is -4.12. The predicted octanol–water partition coefficient (Wildman–Crippen LogP) is 0.870. The van der Waals surface area contributed by atoms with Crippen molar-refractivity contribution in [2.24, 2.45) is 0 Å². The Balaban J connectivity index is 1.35. The van der Waals surface area contributed by atoms with Gasteiger partial charge in [-0.2, -0.15) is 5.26 Å². The Morgan fingerprint density at radius 3 is 2.95 bits per heavy atom. The molecule has 13 heteroatoms. The van der Waals surface area contributed by atoms with Crippen LogP contribution in [0.3, 0.4) is 0 Å². The molecule has 13 nitrogen and oxygen atoms in total. The first-order chi connectivity index (χ1) is 19.0. The average Bonchev–Trinajstić information content (AvgIpc) is 3.40. The van der Waals surface area contributed by atoms with Gasteiger partial charge in [0, 0.05) is 51.5 Å². The number of morpholine rings is 1. The summed E-state index contributed by atoms with van der Waals surface area (Å²) in [4.78, 5) is 49.3. The molecule has 2 atom stereocenters. The topological polar surface area (TPSA) is 159 Å². The molecule has 3 aliphatic rings. The highest BCUT2D eigenvalue weighted by molar-refractivity contribution is 6.01. The van der Waals surface area contributed by atoms with Gasteiger partial charge in [0.05, 0.1) is 12.8 Å². The van der Waals surface area contributed by atoms with Crippen LogP contribution >= 0.6 is 0 Å². The number of methoxy groups -OCH3 is 1. The fourth-order valence-electron chi connectivity index (χ4n) is 4.92. The minimum atomic E-state index is -0.475. The number of nitrogens with zero attached hydrogens (tertiary/aromatic N) is 5. The first-order valence-corrected chi connectivity index (χ1v) is 12.7. The van der Waals surface area contributed by atoms with E-state index in [1.807, 2.05) is 6.07 Å². The average molecular weight is 536 g/mol. The van der Waals surface area contributed by atoms with Crippen molar-refractivity contribution in [3.05, 3.63) is 40.7 Å². The standard InChI is InChI=1S/C26H29N7O6/c1-37-21-11-28-12-22(21)39-20-8-23(29-10-18(20)9-27)31-26(36)33-4-2-3-16-7-17(19(14-34)30-25(16)33)13-32-5-6-38-15-24(32)35/h7-8,10,14,21-22,28H,2-6,11-13,15H2,1H3,(H,29,31,36)/t21-,22-/m1/s1. The minimum Gasteiger partial charge on any atom is -0.485 e. The van der Waals surface area contributed by atoms with Crippen molar-refractivity contribution in [1.82, 2.24) is 20.2 Å². The maximum absolute atomic E-state index is 13.3. The van der Waals surface area contributed by atoms with Crippen LogP contribution in [0.15, 0.2) is 18.3 Å². The first-order valence-electron chi connectivity index (χ1n) is 12.7. The summed E-state index contributed by atoms with van der Waals surface area (Å²) in [6, 6.07) is 4.95. The lowest BCUT2D eigenvalue weighted by molar-refractivity contribution is -0.143. The highest BCUT2D eigenvalue weighted by Crippen LogP contribution is 2.29. The fourth-order valence-corrected chi connectivity index (χ4v) is 4.92. The molecule has 204 valence electrons. The summed E-state index contributed by atoms with van der Waals surface area (Å²) in [6.45, 7) is 2.74. The first kappa shape index (κ1) is 26.5. The van der Waals surface area contributed by atoms with Crippen molar-refractivity contribution in [2.75, 3.05) is 56.7 Å². The second-order valence-electron chi connectivity index (χ2n) is 9.45. The van der Waals surface area contributed by atoms with E-state index in [-0.39, 0.29) is 48.3 Å². The lowest BCUT2D eigenvalue weighted by atomic mass is 10.0. The molecular formula is C26H29N7O6. The van der Waals surface area contributed by atoms with E-state index in [2.05, 4.69) is 26.7 Å². The van der Waals surface area contributed by atoms with Gasteiger partial charge < -0.3 is 24.4 Å². The number of aldehydes is 1. The van der Waals surface area contributed by atoms with Crippen LogP contribution in [-0.2, 0) is 27.2 Å². The van der Waals surface area contributed by atoms with E-state index in [9.17, 15) is 19.6 Å². The second-order valence-corrected chi connectivity index (χ2v) is 9.45. The number of aryl methyl sites for hydroxylation is 1. The molecule has 39 heavy (non-hydrogen) atoms. The molecule has 3 aliphatic heterocycles. The number of hydrogen-bond donors (Lipinski definition) is 2. The SMILES string of the molecule is CO[C@@H]1CNC[C@H]1Oc1cc(NC(=O)N2CCCc3cc(CN4CCOCC4=O)c(C=O)nc32)ncc1C#N. The number of carbonyl (C=O) groups excluding carboxylic acids is 3. The van der Waals surface area contributed by atoms with Gasteiger partial charge in [0.25, 0.3) is 0 Å². The third-order valence-corrected chi connectivity index (χ3v) is 6.98. The van der Waals surface area contributed by atoms with Crippen LogP contribution in [0.5, 0.6) is 5.75 Å². The maximum atomic E-state index is 13.3. The molecule has 2 N–H and O–H groups in total. The summed E-state index contributed by atoms with van der Waals surface area (Å²) in [5, 5.41) is 15.5. The van der Waals surface area contributed by atoms with Crippen LogP contribution in [0.2, 0.25) is 0 Å². The van der Waals surface area contributed by atoms with E-state index in [1.165, 1.54) is 17.2 Å². The maximum Gasteiger partial charge on any atom is 0.328 e. The minimum absolute atomic E-state index is 0.0172. The molecule has 3 amide bonds. The van der Waals surface area contributed by atoms with Gasteiger partial charge in [0.2, 0.25) is 5.91 Å². The van der Waals surface area contributed by atoms with Crippen LogP contribution in [0, 0.1) is 11.3 Å². The Morgan fingerprint density at radius 2 is 2.18 bits per heavy atom. The molecule has 0 aromatic carbocycles. The number of anilines is 2. The predicted molar refractivity (Wildman–Crippen MR) is 138 cm³/mol. The number of carbonyl (C=O) groups is 3. The van der Waals surface area contributed by atoms with Crippen LogP contribution in [0.4, 0.5) is 16.4 Å². The second kappa shape index (κ2) is 11.7. The quantitative estimate of drug-likeness (QED) is 0.487. The Bertz CT molecular complexity index is 1310. The zero-order valence-electron chi connectivity index (χ0n) is 21.5. The van der Waals surface area contributed by atoms with Gasteiger partial charge in [-0.1, -0.05) is 0 Å². The van der Waals surface area contributed by atoms with Crippen molar-refractivity contribution in [1.29, 1.82) is 5.26 Å². The van der Waals surface area contributed by atoms with Gasteiger partial charge in [0.1, 0.15) is 53.5 Å². The van der Waals surface area contributed by atoms with Gasteiger partial charge >= 0.3 is 6.03 Å². The van der Waals surface area contributed by atoms with E-state index in [4.69, 9.17) is 14.2 Å². The van der Waals surface area contributed by atoms with Crippen molar-refractivity contribution >= 4 is 29.9 Å². The number of nitrogens with one attached hydrogen (secondary N) is 2. The third kappa shape index (κ3) is 5.68. The van der Waals surface area contributed by atoms with Crippen LogP contribution < -0.4 is 20.3 Å². The number of hydrogen-bond acceptors (Lipinski definition) is 10. The number of ether oxygens (including phenoxy) is 3. The van der Waals surface area contributed by atoms with E-state index in [1.54, 1.807) is 12.0 Å². The number of nitriles is 1. The largest absolute Gasteiger partial charge is 0.485 e. The lowest BCUT2D eigenvalue weighted by Gasteiger charge is -2.30. The molecule has 0 bridgehead atoms. The van der Waals surface area contributed by atoms with Gasteiger partial charge in [-0.25, -0.2) is 14.8 Å². The van der Waals surface area contributed by atoms with Crippen molar-refractivity contribution in [3.8, 4) is 11.8 Å². The van der Waals surface area contributed by atoms with Gasteiger partial charge in [-0.15, -0.1) is 0 Å². The smallest absolute Gasteiger partial charge is 0.328 e. The summed E-state index contributed by atoms with van der Waals surface area (Å²) in [6.07, 6.45) is 2.90. The number of rotatable bonds is 7. The molecule has 0 unspecified atom stereocenters. The molecule has 5 rings (SSSR count). The number of aromatic nitrogens is 2. The fraction of sp³-hybridized carbons (Fsp3) is 0.462. The van der Waals surface area contributed by atoms with Crippen LogP contribution in [0.25, 0.3) is 0 Å². The van der Waals surface area contributed by atoms with Gasteiger partial charge in [-0.05, 0) is 24.5 Å². The molecular weight excluding hydrogens is 506 g/mol.